The number of nitrogens with one attached hydrogen (secondary N) is 2. The van der Waals surface area contributed by atoms with Crippen LogP contribution in [0.15, 0.2) is 42.0 Å². The van der Waals surface area contributed by atoms with Gasteiger partial charge in [0.05, 0.1) is 11.6 Å². The molecule has 0 aromatic heterocycles. The van der Waals surface area contributed by atoms with Crippen molar-refractivity contribution in [2.75, 3.05) is 0 Å². The van der Waals surface area contributed by atoms with E-state index in [1.165, 1.54) is 6.08 Å². The van der Waals surface area contributed by atoms with Crippen molar-refractivity contribution in [3.63, 3.8) is 0 Å². The lowest BCUT2D eigenvalue weighted by molar-refractivity contribution is -0.126. The monoisotopic (exact) mass is 285 g/mol. The first-order valence-electron chi connectivity index (χ1n) is 5.78. The summed E-state index contributed by atoms with van der Waals surface area (Å²) >= 11 is 3.95. The van der Waals surface area contributed by atoms with Gasteiger partial charge in [0.15, 0.2) is 0 Å². The van der Waals surface area contributed by atoms with Crippen LogP contribution in [-0.2, 0) is 9.59 Å². The smallest absolute Gasteiger partial charge is 0.259 e. The van der Waals surface area contributed by atoms with Gasteiger partial charge in [-0.15, -0.1) is 12.6 Å². The fraction of sp³-hybridized carbons (Fsp3) is 0.0714. The average Bonchev–Trinajstić information content (AvgIpc) is 2.42. The minimum absolute atomic E-state index is 0.0280. The number of amides is 2. The van der Waals surface area contributed by atoms with Gasteiger partial charge in [-0.3, -0.25) is 9.59 Å². The molecule has 1 saturated heterocycles. The first-order chi connectivity index (χ1) is 9.60. The standard InChI is InChI=1S/C14H11N3O2S/c15-8-10-6-4-9(5-7-10)2-1-3-11-12(18)16-14(20)17-13(11)19/h1-7,14,20H,(H,16,18)(H,17,19)/b2-1+,11-3?. The van der Waals surface area contributed by atoms with E-state index >= 15 is 0 Å². The minimum Gasteiger partial charge on any atom is -0.323 e. The maximum atomic E-state index is 11.6. The van der Waals surface area contributed by atoms with Crippen LogP contribution in [0, 0.1) is 11.3 Å². The predicted molar refractivity (Wildman–Crippen MR) is 77.3 cm³/mol. The Balaban J connectivity index is 2.11. The zero-order chi connectivity index (χ0) is 14.5. The van der Waals surface area contributed by atoms with Crippen LogP contribution < -0.4 is 10.6 Å². The van der Waals surface area contributed by atoms with Gasteiger partial charge in [-0.05, 0) is 23.8 Å². The lowest BCUT2D eigenvalue weighted by Crippen LogP contribution is -2.52. The summed E-state index contributed by atoms with van der Waals surface area (Å²) in [5.74, 6) is -0.920. The van der Waals surface area contributed by atoms with E-state index in [1.807, 2.05) is 6.07 Å². The van der Waals surface area contributed by atoms with E-state index < -0.39 is 17.3 Å². The van der Waals surface area contributed by atoms with E-state index in [1.54, 1.807) is 36.4 Å². The number of rotatable bonds is 2. The molecular weight excluding hydrogens is 274 g/mol. The molecule has 2 amide bonds. The topological polar surface area (TPSA) is 82.0 Å². The van der Waals surface area contributed by atoms with Gasteiger partial charge in [-0.25, -0.2) is 0 Å². The van der Waals surface area contributed by atoms with Crippen molar-refractivity contribution < 1.29 is 9.59 Å². The van der Waals surface area contributed by atoms with Crippen molar-refractivity contribution in [3.8, 4) is 6.07 Å². The number of nitriles is 1. The maximum absolute atomic E-state index is 11.6. The highest BCUT2D eigenvalue weighted by molar-refractivity contribution is 7.80. The second-order valence-electron chi connectivity index (χ2n) is 4.02. The quantitative estimate of drug-likeness (QED) is 0.430. The van der Waals surface area contributed by atoms with Crippen LogP contribution in [0.3, 0.4) is 0 Å². The number of hydrogen-bond donors (Lipinski definition) is 3. The lowest BCUT2D eigenvalue weighted by atomic mass is 10.1. The summed E-state index contributed by atoms with van der Waals surface area (Å²) in [6.45, 7) is 0. The van der Waals surface area contributed by atoms with Gasteiger partial charge in [0.2, 0.25) is 0 Å². The van der Waals surface area contributed by atoms with Crippen molar-refractivity contribution in [2.24, 2.45) is 0 Å². The largest absolute Gasteiger partial charge is 0.323 e. The molecule has 1 aliphatic heterocycles. The van der Waals surface area contributed by atoms with Gasteiger partial charge in [0.1, 0.15) is 11.1 Å². The summed E-state index contributed by atoms with van der Waals surface area (Å²) in [5.41, 5.74) is 0.811. The van der Waals surface area contributed by atoms with Crippen LogP contribution in [0.25, 0.3) is 6.08 Å². The Hall–Kier alpha value is -2.52. The molecule has 1 fully saturated rings. The summed E-state index contributed by atoms with van der Waals surface area (Å²) in [6.07, 6.45) is 4.78. The second kappa shape index (κ2) is 6.08. The molecular formula is C14H11N3O2S. The summed E-state index contributed by atoms with van der Waals surface area (Å²) in [5, 5.41) is 13.6. The van der Waals surface area contributed by atoms with E-state index in [9.17, 15) is 9.59 Å². The fourth-order valence-electron chi connectivity index (χ4n) is 1.62. The van der Waals surface area contributed by atoms with Gasteiger partial charge in [-0.2, -0.15) is 5.26 Å². The summed E-state index contributed by atoms with van der Waals surface area (Å²) in [6, 6.07) is 8.97. The van der Waals surface area contributed by atoms with Crippen molar-refractivity contribution in [1.82, 2.24) is 10.6 Å². The van der Waals surface area contributed by atoms with E-state index in [0.29, 0.717) is 5.56 Å². The van der Waals surface area contributed by atoms with Crippen LogP contribution in [0.2, 0.25) is 0 Å². The minimum atomic E-state index is -0.658. The zero-order valence-corrected chi connectivity index (χ0v) is 11.2. The second-order valence-corrected chi connectivity index (χ2v) is 4.54. The van der Waals surface area contributed by atoms with Crippen molar-refractivity contribution in [3.05, 3.63) is 53.1 Å². The molecule has 0 aliphatic carbocycles. The Morgan fingerprint density at radius 2 is 1.75 bits per heavy atom. The number of nitrogens with zero attached hydrogens (tertiary/aromatic N) is 1. The predicted octanol–water partition coefficient (Wildman–Crippen LogP) is 0.957. The molecule has 5 nitrogen and oxygen atoms in total. The van der Waals surface area contributed by atoms with Gasteiger partial charge in [0.25, 0.3) is 11.8 Å². The van der Waals surface area contributed by atoms with Crippen LogP contribution in [0.1, 0.15) is 11.1 Å². The molecule has 2 N–H and O–H groups in total. The molecule has 0 unspecified atom stereocenters. The number of hydrogen-bond acceptors (Lipinski definition) is 4. The first-order valence-corrected chi connectivity index (χ1v) is 6.30. The molecule has 1 heterocycles. The van der Waals surface area contributed by atoms with Crippen molar-refractivity contribution >= 4 is 30.5 Å². The van der Waals surface area contributed by atoms with Gasteiger partial charge in [-0.1, -0.05) is 24.3 Å². The van der Waals surface area contributed by atoms with E-state index in [0.717, 1.165) is 5.56 Å². The molecule has 1 aromatic carbocycles. The molecule has 0 spiro atoms. The summed E-state index contributed by atoms with van der Waals surface area (Å²) < 4.78 is 0. The molecule has 20 heavy (non-hydrogen) atoms. The first kappa shape index (κ1) is 13.9. The zero-order valence-electron chi connectivity index (χ0n) is 10.3. The highest BCUT2D eigenvalue weighted by Gasteiger charge is 2.26. The van der Waals surface area contributed by atoms with Crippen LogP contribution in [0.4, 0.5) is 0 Å². The number of carbonyl (C=O) groups excluding carboxylic acids is 2. The molecule has 6 heteroatoms. The highest BCUT2D eigenvalue weighted by atomic mass is 32.1. The average molecular weight is 285 g/mol. The molecule has 1 aliphatic rings. The molecule has 0 saturated carbocycles. The molecule has 0 atom stereocenters. The fourth-order valence-corrected chi connectivity index (χ4v) is 1.85. The third-order valence-electron chi connectivity index (χ3n) is 2.62. The van der Waals surface area contributed by atoms with Gasteiger partial charge >= 0.3 is 0 Å². The Labute approximate surface area is 121 Å². The summed E-state index contributed by atoms with van der Waals surface area (Å²) in [7, 11) is 0. The third kappa shape index (κ3) is 3.28. The Bertz CT molecular complexity index is 621. The van der Waals surface area contributed by atoms with E-state index in [4.69, 9.17) is 5.26 Å². The number of thiol groups is 1. The Morgan fingerprint density at radius 1 is 1.15 bits per heavy atom. The van der Waals surface area contributed by atoms with Gasteiger partial charge in [0, 0.05) is 0 Å². The van der Waals surface area contributed by atoms with Crippen LogP contribution in [-0.4, -0.2) is 17.3 Å². The molecule has 2 rings (SSSR count). The molecule has 0 radical (unpaired) electrons. The Morgan fingerprint density at radius 3 is 2.30 bits per heavy atom. The number of benzene rings is 1. The maximum Gasteiger partial charge on any atom is 0.259 e. The number of carbonyl (C=O) groups is 2. The third-order valence-corrected chi connectivity index (χ3v) is 2.87. The summed E-state index contributed by atoms with van der Waals surface area (Å²) in [4.78, 5) is 23.2. The van der Waals surface area contributed by atoms with Crippen LogP contribution >= 0.6 is 12.6 Å². The SMILES string of the molecule is N#Cc1ccc(/C=C/C=C2C(=O)NC(S)NC2=O)cc1. The highest BCUT2D eigenvalue weighted by Crippen LogP contribution is 2.08. The molecule has 1 aromatic rings. The number of allylic oxidation sites excluding steroid dienone is 2. The van der Waals surface area contributed by atoms with Crippen LogP contribution in [0.5, 0.6) is 0 Å². The normalized spacial score (nSPS) is 18.4. The van der Waals surface area contributed by atoms with E-state index in [2.05, 4.69) is 23.3 Å². The molecule has 100 valence electrons. The van der Waals surface area contributed by atoms with Gasteiger partial charge < -0.3 is 10.6 Å². The molecule has 0 bridgehead atoms. The van der Waals surface area contributed by atoms with Crippen molar-refractivity contribution in [1.29, 1.82) is 5.26 Å². The lowest BCUT2D eigenvalue weighted by Gasteiger charge is -2.21. The van der Waals surface area contributed by atoms with Crippen molar-refractivity contribution in [2.45, 2.75) is 5.50 Å². The van der Waals surface area contributed by atoms with E-state index in [-0.39, 0.29) is 5.57 Å². The Kier molecular flexibility index (Phi) is 4.23.